The molecule has 0 saturated heterocycles. The van der Waals surface area contributed by atoms with Gasteiger partial charge in [0.05, 0.1) is 4.90 Å². The van der Waals surface area contributed by atoms with Gasteiger partial charge >= 0.3 is 0 Å². The number of Topliss-reactive ketones (excluding diaryl/α,β-unsaturated/α-hetero) is 1. The van der Waals surface area contributed by atoms with E-state index in [-0.39, 0.29) is 10.7 Å². The summed E-state index contributed by atoms with van der Waals surface area (Å²) in [4.78, 5) is 11.2. The normalized spacial score (nSPS) is 11.3. The molecule has 0 atom stereocenters. The summed E-state index contributed by atoms with van der Waals surface area (Å²) in [5, 5.41) is 0. The Labute approximate surface area is 117 Å². The average molecular weight is 290 g/mol. The van der Waals surface area contributed by atoms with Gasteiger partial charge in [-0.25, -0.2) is 0 Å². The van der Waals surface area contributed by atoms with E-state index < -0.39 is 10.1 Å². The average Bonchev–Trinajstić information content (AvgIpc) is 2.38. The monoisotopic (exact) mass is 290 g/mol. The second-order valence-electron chi connectivity index (χ2n) is 4.55. The molecule has 0 radical (unpaired) electrons. The summed E-state index contributed by atoms with van der Waals surface area (Å²) in [6.45, 7) is 1.51. The highest BCUT2D eigenvalue weighted by Gasteiger charge is 2.08. The van der Waals surface area contributed by atoms with E-state index in [4.69, 9.17) is 4.55 Å². The van der Waals surface area contributed by atoms with Gasteiger partial charge in [-0.2, -0.15) is 8.42 Å². The lowest BCUT2D eigenvalue weighted by atomic mass is 10.0. The third-order valence-corrected chi connectivity index (χ3v) is 3.83. The maximum absolute atomic E-state index is 11.3. The standard InChI is InChI=1S/C15H14O4S/c1-11(16)14-4-2-3-13(10-14)9-12-5-7-15(8-6-12)20(17,18)19/h2-8,10H,9H2,1H3,(H,17,18,19). The van der Waals surface area contributed by atoms with E-state index in [1.807, 2.05) is 18.2 Å². The molecule has 20 heavy (non-hydrogen) atoms. The largest absolute Gasteiger partial charge is 0.295 e. The van der Waals surface area contributed by atoms with Crippen LogP contribution in [0.4, 0.5) is 0 Å². The van der Waals surface area contributed by atoms with Gasteiger partial charge in [0.15, 0.2) is 5.78 Å². The molecule has 0 aliphatic heterocycles. The first-order valence-corrected chi connectivity index (χ1v) is 7.46. The lowest BCUT2D eigenvalue weighted by molar-refractivity contribution is 0.101. The Bertz CT molecular complexity index is 731. The molecule has 0 saturated carbocycles. The number of rotatable bonds is 4. The van der Waals surface area contributed by atoms with Gasteiger partial charge in [-0.3, -0.25) is 9.35 Å². The maximum atomic E-state index is 11.3. The van der Waals surface area contributed by atoms with E-state index in [1.54, 1.807) is 18.2 Å². The summed E-state index contributed by atoms with van der Waals surface area (Å²) in [5.74, 6) is 0.00794. The SMILES string of the molecule is CC(=O)c1cccc(Cc2ccc(S(=O)(=O)O)cc2)c1. The smallest absolute Gasteiger partial charge is 0.294 e. The molecular formula is C15H14O4S. The van der Waals surface area contributed by atoms with Crippen molar-refractivity contribution in [2.75, 3.05) is 0 Å². The number of hydrogen-bond donors (Lipinski definition) is 1. The predicted molar refractivity (Wildman–Crippen MR) is 75.5 cm³/mol. The molecule has 2 rings (SSSR count). The molecule has 2 aromatic rings. The highest BCUT2D eigenvalue weighted by Crippen LogP contribution is 2.15. The van der Waals surface area contributed by atoms with Crippen LogP contribution in [0.1, 0.15) is 28.4 Å². The van der Waals surface area contributed by atoms with E-state index in [9.17, 15) is 13.2 Å². The third kappa shape index (κ3) is 3.53. The van der Waals surface area contributed by atoms with Crippen molar-refractivity contribution in [2.45, 2.75) is 18.2 Å². The second kappa shape index (κ2) is 5.56. The highest BCUT2D eigenvalue weighted by atomic mass is 32.2. The van der Waals surface area contributed by atoms with Crippen LogP contribution in [-0.2, 0) is 16.5 Å². The highest BCUT2D eigenvalue weighted by molar-refractivity contribution is 7.85. The van der Waals surface area contributed by atoms with E-state index in [0.29, 0.717) is 12.0 Å². The molecule has 5 heteroatoms. The topological polar surface area (TPSA) is 71.4 Å². The number of benzene rings is 2. The zero-order valence-corrected chi connectivity index (χ0v) is 11.7. The summed E-state index contributed by atoms with van der Waals surface area (Å²) in [6, 6.07) is 13.3. The van der Waals surface area contributed by atoms with E-state index in [1.165, 1.54) is 19.1 Å². The molecule has 0 aromatic heterocycles. The fourth-order valence-corrected chi connectivity index (χ4v) is 2.40. The van der Waals surface area contributed by atoms with Crippen molar-refractivity contribution in [3.63, 3.8) is 0 Å². The minimum Gasteiger partial charge on any atom is -0.295 e. The molecule has 0 aliphatic carbocycles. The first kappa shape index (κ1) is 14.4. The summed E-state index contributed by atoms with van der Waals surface area (Å²) in [7, 11) is -4.16. The Balaban J connectivity index is 2.22. The van der Waals surface area contributed by atoms with Crippen LogP contribution in [0.3, 0.4) is 0 Å². The molecule has 0 fully saturated rings. The molecule has 0 bridgehead atoms. The van der Waals surface area contributed by atoms with Crippen LogP contribution in [0.25, 0.3) is 0 Å². The Kier molecular flexibility index (Phi) is 4.01. The lowest BCUT2D eigenvalue weighted by Gasteiger charge is -2.04. The predicted octanol–water partition coefficient (Wildman–Crippen LogP) is 2.73. The van der Waals surface area contributed by atoms with Crippen LogP contribution in [0, 0.1) is 0 Å². The van der Waals surface area contributed by atoms with Crippen LogP contribution in [-0.4, -0.2) is 18.8 Å². The van der Waals surface area contributed by atoms with E-state index in [0.717, 1.165) is 11.1 Å². The van der Waals surface area contributed by atoms with Crippen LogP contribution in [0.5, 0.6) is 0 Å². The Morgan fingerprint density at radius 1 is 1.05 bits per heavy atom. The van der Waals surface area contributed by atoms with Gasteiger partial charge in [0.1, 0.15) is 0 Å². The van der Waals surface area contributed by atoms with Gasteiger partial charge < -0.3 is 0 Å². The van der Waals surface area contributed by atoms with Crippen LogP contribution in [0.2, 0.25) is 0 Å². The number of carbonyl (C=O) groups excluding carboxylic acids is 1. The van der Waals surface area contributed by atoms with Crippen molar-refractivity contribution in [2.24, 2.45) is 0 Å². The van der Waals surface area contributed by atoms with Crippen molar-refractivity contribution in [3.05, 3.63) is 65.2 Å². The van der Waals surface area contributed by atoms with Crippen molar-refractivity contribution in [3.8, 4) is 0 Å². The molecule has 0 spiro atoms. The van der Waals surface area contributed by atoms with Crippen LogP contribution in [0.15, 0.2) is 53.4 Å². The van der Waals surface area contributed by atoms with Gasteiger partial charge in [-0.15, -0.1) is 0 Å². The minimum atomic E-state index is -4.16. The zero-order valence-electron chi connectivity index (χ0n) is 10.9. The number of hydrogen-bond acceptors (Lipinski definition) is 3. The van der Waals surface area contributed by atoms with Gasteiger partial charge in [0, 0.05) is 5.56 Å². The van der Waals surface area contributed by atoms with Gasteiger partial charge in [0.25, 0.3) is 10.1 Å². The Morgan fingerprint density at radius 3 is 2.25 bits per heavy atom. The first-order valence-electron chi connectivity index (χ1n) is 6.02. The molecule has 2 aromatic carbocycles. The molecule has 0 heterocycles. The quantitative estimate of drug-likeness (QED) is 0.694. The summed E-state index contributed by atoms with van der Waals surface area (Å²) in [6.07, 6.45) is 0.590. The zero-order chi connectivity index (χ0) is 14.8. The van der Waals surface area contributed by atoms with Gasteiger partial charge in [0.2, 0.25) is 0 Å². The van der Waals surface area contributed by atoms with Crippen molar-refractivity contribution in [1.82, 2.24) is 0 Å². The number of ketones is 1. The fraction of sp³-hybridized carbons (Fsp3) is 0.133. The first-order chi connectivity index (χ1) is 9.36. The summed E-state index contributed by atoms with van der Waals surface area (Å²) in [5.41, 5.74) is 2.52. The van der Waals surface area contributed by atoms with Crippen molar-refractivity contribution >= 4 is 15.9 Å². The van der Waals surface area contributed by atoms with Crippen molar-refractivity contribution in [1.29, 1.82) is 0 Å². The molecular weight excluding hydrogens is 276 g/mol. The third-order valence-electron chi connectivity index (χ3n) is 2.96. The Morgan fingerprint density at radius 2 is 1.70 bits per heavy atom. The second-order valence-corrected chi connectivity index (χ2v) is 5.97. The van der Waals surface area contributed by atoms with Crippen LogP contribution >= 0.6 is 0 Å². The molecule has 104 valence electrons. The van der Waals surface area contributed by atoms with Crippen LogP contribution < -0.4 is 0 Å². The molecule has 0 aliphatic rings. The Hall–Kier alpha value is -1.98. The van der Waals surface area contributed by atoms with Crippen molar-refractivity contribution < 1.29 is 17.8 Å². The van der Waals surface area contributed by atoms with Gasteiger partial charge in [-0.05, 0) is 42.7 Å². The minimum absolute atomic E-state index is 0.00794. The maximum Gasteiger partial charge on any atom is 0.294 e. The van der Waals surface area contributed by atoms with E-state index in [2.05, 4.69) is 0 Å². The molecule has 0 unspecified atom stereocenters. The molecule has 4 nitrogen and oxygen atoms in total. The molecule has 0 amide bonds. The molecule has 1 N–H and O–H groups in total. The van der Waals surface area contributed by atoms with E-state index >= 15 is 0 Å². The fourth-order valence-electron chi connectivity index (χ4n) is 1.92. The van der Waals surface area contributed by atoms with Gasteiger partial charge in [-0.1, -0.05) is 30.3 Å². The number of carbonyl (C=O) groups is 1. The summed E-state index contributed by atoms with van der Waals surface area (Å²) < 4.78 is 30.8. The lowest BCUT2D eigenvalue weighted by Crippen LogP contribution is -1.98. The summed E-state index contributed by atoms with van der Waals surface area (Å²) >= 11 is 0.